The second kappa shape index (κ2) is 6.75. The molecule has 1 amide bonds. The third-order valence-electron chi connectivity index (χ3n) is 5.36. The van der Waals surface area contributed by atoms with Crippen molar-refractivity contribution in [3.05, 3.63) is 76.0 Å². The van der Waals surface area contributed by atoms with Crippen molar-refractivity contribution in [1.29, 1.82) is 0 Å². The van der Waals surface area contributed by atoms with Crippen molar-refractivity contribution in [3.63, 3.8) is 0 Å². The van der Waals surface area contributed by atoms with Crippen LogP contribution in [0.25, 0.3) is 5.69 Å². The van der Waals surface area contributed by atoms with Crippen molar-refractivity contribution >= 4 is 17.5 Å². The SMILES string of the molecule is Cc1ccc(-n2nc(C)c3c2NC(=O)CC3C(=O)c2cc(C)ccc2C)cc1. The van der Waals surface area contributed by atoms with E-state index in [0.717, 1.165) is 33.6 Å². The van der Waals surface area contributed by atoms with E-state index in [1.807, 2.05) is 70.2 Å². The van der Waals surface area contributed by atoms with E-state index in [2.05, 4.69) is 10.4 Å². The maximum absolute atomic E-state index is 13.4. The van der Waals surface area contributed by atoms with Crippen LogP contribution in [0.5, 0.6) is 0 Å². The zero-order valence-corrected chi connectivity index (χ0v) is 16.5. The molecule has 0 aliphatic carbocycles. The molecule has 0 saturated carbocycles. The Morgan fingerprint density at radius 1 is 1.04 bits per heavy atom. The Morgan fingerprint density at radius 3 is 2.43 bits per heavy atom. The zero-order chi connectivity index (χ0) is 20.0. The van der Waals surface area contributed by atoms with Gasteiger partial charge in [0.05, 0.1) is 17.3 Å². The highest BCUT2D eigenvalue weighted by molar-refractivity contribution is 6.08. The smallest absolute Gasteiger partial charge is 0.226 e. The zero-order valence-electron chi connectivity index (χ0n) is 16.5. The predicted molar refractivity (Wildman–Crippen MR) is 109 cm³/mol. The van der Waals surface area contributed by atoms with Gasteiger partial charge in [-0.2, -0.15) is 5.10 Å². The largest absolute Gasteiger partial charge is 0.310 e. The van der Waals surface area contributed by atoms with Gasteiger partial charge in [0.15, 0.2) is 5.78 Å². The number of carbonyl (C=O) groups is 2. The molecule has 2 heterocycles. The lowest BCUT2D eigenvalue weighted by Gasteiger charge is -2.24. The number of amides is 1. The molecule has 0 spiro atoms. The van der Waals surface area contributed by atoms with Gasteiger partial charge in [0.25, 0.3) is 0 Å². The predicted octanol–water partition coefficient (Wildman–Crippen LogP) is 4.41. The first-order valence-corrected chi connectivity index (χ1v) is 9.43. The fourth-order valence-corrected chi connectivity index (χ4v) is 3.83. The molecule has 1 atom stereocenters. The number of aromatic nitrogens is 2. The van der Waals surface area contributed by atoms with Crippen LogP contribution >= 0.6 is 0 Å². The minimum Gasteiger partial charge on any atom is -0.310 e. The van der Waals surface area contributed by atoms with Gasteiger partial charge < -0.3 is 5.32 Å². The topological polar surface area (TPSA) is 64.0 Å². The molecule has 0 saturated heterocycles. The number of Topliss-reactive ketones (excluding diaryl/α,β-unsaturated/α-hetero) is 1. The number of carbonyl (C=O) groups excluding carboxylic acids is 2. The number of hydrogen-bond acceptors (Lipinski definition) is 3. The van der Waals surface area contributed by atoms with Crippen LogP contribution < -0.4 is 5.32 Å². The maximum Gasteiger partial charge on any atom is 0.226 e. The standard InChI is InChI=1S/C23H23N3O2/c1-13-6-9-17(10-7-13)26-23-21(16(4)25-26)19(12-20(27)24-23)22(28)18-11-14(2)5-8-15(18)3/h5-11,19H,12H2,1-4H3,(H,24,27). The quantitative estimate of drug-likeness (QED) is 0.692. The van der Waals surface area contributed by atoms with E-state index in [1.165, 1.54) is 0 Å². The first-order valence-electron chi connectivity index (χ1n) is 9.43. The molecular weight excluding hydrogens is 350 g/mol. The molecule has 1 unspecified atom stereocenters. The minimum absolute atomic E-state index is 0.0242. The van der Waals surface area contributed by atoms with E-state index < -0.39 is 5.92 Å². The molecule has 5 heteroatoms. The number of benzene rings is 2. The second-order valence-corrected chi connectivity index (χ2v) is 7.58. The fourth-order valence-electron chi connectivity index (χ4n) is 3.83. The van der Waals surface area contributed by atoms with Crippen molar-refractivity contribution in [1.82, 2.24) is 9.78 Å². The molecule has 1 N–H and O–H groups in total. The summed E-state index contributed by atoms with van der Waals surface area (Å²) < 4.78 is 1.73. The number of rotatable bonds is 3. The molecule has 142 valence electrons. The Hall–Kier alpha value is -3.21. The number of ketones is 1. The van der Waals surface area contributed by atoms with Crippen molar-refractivity contribution in [2.75, 3.05) is 5.32 Å². The lowest BCUT2D eigenvalue weighted by molar-refractivity contribution is -0.116. The average molecular weight is 373 g/mol. The first-order chi connectivity index (χ1) is 13.3. The molecule has 1 aliphatic rings. The van der Waals surface area contributed by atoms with Gasteiger partial charge in [-0.15, -0.1) is 0 Å². The number of nitrogens with one attached hydrogen (secondary N) is 1. The molecule has 5 nitrogen and oxygen atoms in total. The summed E-state index contributed by atoms with van der Waals surface area (Å²) in [6.45, 7) is 7.81. The Balaban J connectivity index is 1.83. The highest BCUT2D eigenvalue weighted by Crippen LogP contribution is 2.38. The summed E-state index contributed by atoms with van der Waals surface area (Å²) in [5.74, 6) is -0.113. The molecule has 0 bridgehead atoms. The van der Waals surface area contributed by atoms with Gasteiger partial charge in [-0.05, 0) is 51.5 Å². The van der Waals surface area contributed by atoms with Crippen LogP contribution in [0.4, 0.5) is 5.82 Å². The Bertz CT molecular complexity index is 1090. The van der Waals surface area contributed by atoms with Gasteiger partial charge in [-0.3, -0.25) is 9.59 Å². The van der Waals surface area contributed by atoms with E-state index in [9.17, 15) is 9.59 Å². The Morgan fingerprint density at radius 2 is 1.71 bits per heavy atom. The Kier molecular flexibility index (Phi) is 4.38. The molecule has 0 fully saturated rings. The van der Waals surface area contributed by atoms with Crippen LogP contribution in [-0.2, 0) is 4.79 Å². The second-order valence-electron chi connectivity index (χ2n) is 7.58. The van der Waals surface area contributed by atoms with Gasteiger partial charge >= 0.3 is 0 Å². The molecule has 28 heavy (non-hydrogen) atoms. The number of aryl methyl sites for hydroxylation is 4. The molecule has 3 aromatic rings. The van der Waals surface area contributed by atoms with E-state index in [0.29, 0.717) is 11.4 Å². The molecule has 0 radical (unpaired) electrons. The normalized spacial score (nSPS) is 15.9. The van der Waals surface area contributed by atoms with Crippen molar-refractivity contribution in [2.45, 2.75) is 40.0 Å². The highest BCUT2D eigenvalue weighted by atomic mass is 16.2. The number of hydrogen-bond donors (Lipinski definition) is 1. The monoisotopic (exact) mass is 373 g/mol. The van der Waals surface area contributed by atoms with Crippen LogP contribution in [0, 0.1) is 27.7 Å². The van der Waals surface area contributed by atoms with Crippen molar-refractivity contribution in [3.8, 4) is 5.69 Å². The summed E-state index contributed by atoms with van der Waals surface area (Å²) >= 11 is 0. The van der Waals surface area contributed by atoms with Crippen LogP contribution in [0.1, 0.15) is 50.6 Å². The van der Waals surface area contributed by atoms with E-state index in [4.69, 9.17) is 0 Å². The average Bonchev–Trinajstić information content (AvgIpc) is 2.99. The number of fused-ring (bicyclic) bond motifs is 1. The molecule has 2 aromatic carbocycles. The van der Waals surface area contributed by atoms with E-state index in [1.54, 1.807) is 4.68 Å². The van der Waals surface area contributed by atoms with Crippen LogP contribution in [-0.4, -0.2) is 21.5 Å². The lowest BCUT2D eigenvalue weighted by atomic mass is 9.84. The molecule has 1 aliphatic heterocycles. The van der Waals surface area contributed by atoms with Gasteiger partial charge in [0, 0.05) is 17.5 Å². The maximum atomic E-state index is 13.4. The molecular formula is C23H23N3O2. The lowest BCUT2D eigenvalue weighted by Crippen LogP contribution is -2.28. The summed E-state index contributed by atoms with van der Waals surface area (Å²) in [7, 11) is 0. The summed E-state index contributed by atoms with van der Waals surface area (Å²) in [6.07, 6.45) is 0.139. The van der Waals surface area contributed by atoms with Gasteiger partial charge in [0.1, 0.15) is 5.82 Å². The van der Waals surface area contributed by atoms with E-state index >= 15 is 0 Å². The number of anilines is 1. The van der Waals surface area contributed by atoms with Crippen LogP contribution in [0.2, 0.25) is 0 Å². The van der Waals surface area contributed by atoms with Crippen molar-refractivity contribution in [2.24, 2.45) is 0 Å². The minimum atomic E-state index is -0.525. The van der Waals surface area contributed by atoms with Crippen LogP contribution in [0.3, 0.4) is 0 Å². The van der Waals surface area contributed by atoms with Gasteiger partial charge in [-0.1, -0.05) is 35.4 Å². The summed E-state index contributed by atoms with van der Waals surface area (Å²) in [4.78, 5) is 25.9. The van der Waals surface area contributed by atoms with Crippen LogP contribution in [0.15, 0.2) is 42.5 Å². The summed E-state index contributed by atoms with van der Waals surface area (Å²) in [5.41, 5.74) is 6.20. The van der Waals surface area contributed by atoms with Crippen molar-refractivity contribution < 1.29 is 9.59 Å². The molecule has 4 rings (SSSR count). The highest BCUT2D eigenvalue weighted by Gasteiger charge is 2.36. The van der Waals surface area contributed by atoms with Gasteiger partial charge in [0.2, 0.25) is 5.91 Å². The third-order valence-corrected chi connectivity index (χ3v) is 5.36. The number of nitrogens with zero attached hydrogens (tertiary/aromatic N) is 2. The first kappa shape index (κ1) is 18.2. The fraction of sp³-hybridized carbons (Fsp3) is 0.261. The third kappa shape index (κ3) is 3.03. The van der Waals surface area contributed by atoms with Gasteiger partial charge in [-0.25, -0.2) is 4.68 Å². The molecule has 1 aromatic heterocycles. The summed E-state index contributed by atoms with van der Waals surface area (Å²) in [6, 6.07) is 13.8. The summed E-state index contributed by atoms with van der Waals surface area (Å²) in [5, 5.41) is 7.58. The van der Waals surface area contributed by atoms with E-state index in [-0.39, 0.29) is 18.1 Å². The Labute approximate surface area is 164 Å².